The summed E-state index contributed by atoms with van der Waals surface area (Å²) < 4.78 is 11.5. The van der Waals surface area contributed by atoms with Gasteiger partial charge in [0.1, 0.15) is 12.7 Å². The van der Waals surface area contributed by atoms with Crippen LogP contribution in [0.5, 0.6) is 11.5 Å². The number of carbonyl (C=O) groups is 1. The summed E-state index contributed by atoms with van der Waals surface area (Å²) in [7, 11) is 0. The number of rotatable bonds is 3. The molecule has 2 atom stereocenters. The monoisotopic (exact) mass is 312 g/mol. The molecule has 3 rings (SSSR count). The zero-order valence-electron chi connectivity index (χ0n) is 12.1. The molecule has 2 unspecified atom stereocenters. The van der Waals surface area contributed by atoms with E-state index < -0.39 is 0 Å². The number of halogens is 1. The first-order valence-electron chi connectivity index (χ1n) is 7.05. The van der Waals surface area contributed by atoms with E-state index in [4.69, 9.17) is 9.47 Å². The number of ether oxygens (including phenoxy) is 2. The van der Waals surface area contributed by atoms with E-state index in [1.54, 1.807) is 0 Å². The van der Waals surface area contributed by atoms with Gasteiger partial charge in [0, 0.05) is 6.54 Å². The molecule has 0 aromatic heterocycles. The van der Waals surface area contributed by atoms with Crippen molar-refractivity contribution in [3.8, 4) is 11.5 Å². The maximum atomic E-state index is 12.2. The Labute approximate surface area is 130 Å². The molecule has 0 spiro atoms. The molecule has 2 heterocycles. The van der Waals surface area contributed by atoms with E-state index in [0.717, 1.165) is 31.0 Å². The largest absolute Gasteiger partial charge is 0.486 e. The molecule has 2 aliphatic rings. The van der Waals surface area contributed by atoms with Gasteiger partial charge in [0.25, 0.3) is 0 Å². The lowest BCUT2D eigenvalue weighted by Gasteiger charge is -2.28. The average Bonchev–Trinajstić information content (AvgIpc) is 2.92. The predicted octanol–water partition coefficient (Wildman–Crippen LogP) is 1.36. The first-order valence-corrected chi connectivity index (χ1v) is 7.05. The van der Waals surface area contributed by atoms with Crippen LogP contribution in [0.2, 0.25) is 0 Å². The molecule has 21 heavy (non-hydrogen) atoms. The summed E-state index contributed by atoms with van der Waals surface area (Å²) >= 11 is 0. The van der Waals surface area contributed by atoms with Crippen molar-refractivity contribution in [1.29, 1.82) is 0 Å². The normalized spacial score (nSPS) is 26.8. The van der Waals surface area contributed by atoms with Gasteiger partial charge in [0.05, 0.1) is 12.0 Å². The fourth-order valence-corrected chi connectivity index (χ4v) is 2.59. The van der Waals surface area contributed by atoms with Crippen LogP contribution in [0, 0.1) is 5.41 Å². The van der Waals surface area contributed by atoms with Crippen LogP contribution < -0.4 is 20.1 Å². The smallest absolute Gasteiger partial charge is 0.227 e. The second-order valence-electron chi connectivity index (χ2n) is 5.70. The van der Waals surface area contributed by atoms with Crippen molar-refractivity contribution in [2.45, 2.75) is 19.4 Å². The van der Waals surface area contributed by atoms with Gasteiger partial charge in [-0.3, -0.25) is 4.79 Å². The molecule has 116 valence electrons. The first-order chi connectivity index (χ1) is 9.67. The van der Waals surface area contributed by atoms with Gasteiger partial charge >= 0.3 is 0 Å². The number of para-hydroxylation sites is 2. The fraction of sp³-hybridized carbons (Fsp3) is 0.533. The van der Waals surface area contributed by atoms with E-state index in [2.05, 4.69) is 10.6 Å². The van der Waals surface area contributed by atoms with Crippen molar-refractivity contribution in [3.63, 3.8) is 0 Å². The summed E-state index contributed by atoms with van der Waals surface area (Å²) in [5.41, 5.74) is -0.298. The Hall–Kier alpha value is -1.46. The molecule has 6 heteroatoms. The van der Waals surface area contributed by atoms with Gasteiger partial charge in [-0.15, -0.1) is 12.4 Å². The number of fused-ring (bicyclic) bond motifs is 1. The second kappa shape index (κ2) is 6.54. The molecule has 0 saturated carbocycles. The number of hydrogen-bond acceptors (Lipinski definition) is 4. The molecule has 0 aliphatic carbocycles. The summed E-state index contributed by atoms with van der Waals surface area (Å²) in [5, 5.41) is 6.21. The van der Waals surface area contributed by atoms with Crippen molar-refractivity contribution in [2.75, 3.05) is 26.2 Å². The van der Waals surface area contributed by atoms with Crippen molar-refractivity contribution < 1.29 is 14.3 Å². The number of benzene rings is 1. The molecule has 1 aromatic carbocycles. The number of nitrogens with one attached hydrogen (secondary N) is 2. The molecule has 0 bridgehead atoms. The highest BCUT2D eigenvalue weighted by Crippen LogP contribution is 2.31. The highest BCUT2D eigenvalue weighted by atomic mass is 35.5. The van der Waals surface area contributed by atoms with Gasteiger partial charge in [-0.25, -0.2) is 0 Å². The number of hydrogen-bond donors (Lipinski definition) is 2. The minimum atomic E-state index is -0.298. The summed E-state index contributed by atoms with van der Waals surface area (Å²) in [6.07, 6.45) is 0.746. The third kappa shape index (κ3) is 3.41. The van der Waals surface area contributed by atoms with Gasteiger partial charge in [-0.2, -0.15) is 0 Å². The molecule has 2 aliphatic heterocycles. The Kier molecular flexibility index (Phi) is 4.96. The van der Waals surface area contributed by atoms with E-state index in [0.29, 0.717) is 13.2 Å². The van der Waals surface area contributed by atoms with Crippen molar-refractivity contribution in [1.82, 2.24) is 10.6 Å². The molecule has 2 N–H and O–H groups in total. The van der Waals surface area contributed by atoms with E-state index in [1.165, 1.54) is 0 Å². The average molecular weight is 313 g/mol. The van der Waals surface area contributed by atoms with Crippen molar-refractivity contribution >= 4 is 18.3 Å². The summed E-state index contributed by atoms with van der Waals surface area (Å²) in [4.78, 5) is 12.2. The van der Waals surface area contributed by atoms with Crippen molar-refractivity contribution in [3.05, 3.63) is 24.3 Å². The van der Waals surface area contributed by atoms with Crippen LogP contribution in [0.3, 0.4) is 0 Å². The van der Waals surface area contributed by atoms with E-state index in [-0.39, 0.29) is 29.8 Å². The highest BCUT2D eigenvalue weighted by Gasteiger charge is 2.36. The molecular formula is C15H21ClN2O3. The summed E-state index contributed by atoms with van der Waals surface area (Å²) in [5.74, 6) is 1.60. The Morgan fingerprint density at radius 3 is 2.90 bits per heavy atom. The lowest BCUT2D eigenvalue weighted by atomic mass is 9.89. The predicted molar refractivity (Wildman–Crippen MR) is 82.2 cm³/mol. The number of amides is 1. The van der Waals surface area contributed by atoms with E-state index in [9.17, 15) is 4.79 Å². The third-order valence-corrected chi connectivity index (χ3v) is 3.97. The molecule has 1 aromatic rings. The first kappa shape index (κ1) is 15.9. The van der Waals surface area contributed by atoms with E-state index >= 15 is 0 Å². The quantitative estimate of drug-likeness (QED) is 0.885. The Balaban J connectivity index is 0.00000161. The van der Waals surface area contributed by atoms with Crippen LogP contribution in [-0.2, 0) is 4.79 Å². The zero-order valence-corrected chi connectivity index (χ0v) is 12.9. The third-order valence-electron chi connectivity index (χ3n) is 3.97. The van der Waals surface area contributed by atoms with Gasteiger partial charge in [0.15, 0.2) is 11.5 Å². The molecular weight excluding hydrogens is 292 g/mol. The minimum absolute atomic E-state index is 0. The summed E-state index contributed by atoms with van der Waals surface area (Å²) in [6.45, 7) is 4.58. The molecule has 1 saturated heterocycles. The topological polar surface area (TPSA) is 59.6 Å². The van der Waals surface area contributed by atoms with Gasteiger partial charge in [0.2, 0.25) is 5.91 Å². The fourth-order valence-electron chi connectivity index (χ4n) is 2.59. The van der Waals surface area contributed by atoms with Crippen LogP contribution in [-0.4, -0.2) is 38.3 Å². The van der Waals surface area contributed by atoms with Gasteiger partial charge in [-0.05, 0) is 32.0 Å². The highest BCUT2D eigenvalue weighted by molar-refractivity contribution is 5.85. The number of carbonyl (C=O) groups excluding carboxylic acids is 1. The lowest BCUT2D eigenvalue weighted by Crippen LogP contribution is -2.46. The van der Waals surface area contributed by atoms with Gasteiger partial charge < -0.3 is 20.1 Å². The Morgan fingerprint density at radius 1 is 1.43 bits per heavy atom. The SMILES string of the molecule is CC1(C(=O)NCC2COc3ccccc3O2)CCNC1.Cl. The van der Waals surface area contributed by atoms with Crippen molar-refractivity contribution in [2.24, 2.45) is 5.41 Å². The molecule has 1 amide bonds. The molecule has 0 radical (unpaired) electrons. The van der Waals surface area contributed by atoms with Crippen LogP contribution >= 0.6 is 12.4 Å². The molecule has 5 nitrogen and oxygen atoms in total. The Morgan fingerprint density at radius 2 is 2.19 bits per heavy atom. The van der Waals surface area contributed by atoms with E-state index in [1.807, 2.05) is 31.2 Å². The zero-order chi connectivity index (χ0) is 14.0. The maximum Gasteiger partial charge on any atom is 0.227 e. The van der Waals surface area contributed by atoms with Crippen LogP contribution in [0.4, 0.5) is 0 Å². The van der Waals surface area contributed by atoms with Crippen LogP contribution in [0.25, 0.3) is 0 Å². The minimum Gasteiger partial charge on any atom is -0.486 e. The Bertz CT molecular complexity index is 503. The van der Waals surface area contributed by atoms with Crippen LogP contribution in [0.15, 0.2) is 24.3 Å². The van der Waals surface area contributed by atoms with Crippen LogP contribution in [0.1, 0.15) is 13.3 Å². The standard InChI is InChI=1S/C15H20N2O3.ClH/c1-15(6-7-16-10-15)14(18)17-8-11-9-19-12-4-2-3-5-13(12)20-11;/h2-5,11,16H,6-10H2,1H3,(H,17,18);1H. The lowest BCUT2D eigenvalue weighted by molar-refractivity contribution is -0.129. The summed E-state index contributed by atoms with van der Waals surface area (Å²) in [6, 6.07) is 7.59. The maximum absolute atomic E-state index is 12.2. The van der Waals surface area contributed by atoms with Gasteiger partial charge in [-0.1, -0.05) is 12.1 Å². The molecule has 1 fully saturated rings. The second-order valence-corrected chi connectivity index (χ2v) is 5.70.